The van der Waals surface area contributed by atoms with Gasteiger partial charge in [-0.1, -0.05) is 29.8 Å². The summed E-state index contributed by atoms with van der Waals surface area (Å²) in [6.07, 6.45) is 0.794. The predicted molar refractivity (Wildman–Crippen MR) is 83.1 cm³/mol. The molecule has 0 saturated heterocycles. The molecule has 0 fully saturated rings. The molecule has 0 amide bonds. The zero-order valence-electron chi connectivity index (χ0n) is 9.45. The molecule has 0 atom stereocenters. The number of hydrogen-bond acceptors (Lipinski definition) is 1. The Labute approximate surface area is 124 Å². The molecular formula is C14H10ClIN2. The van der Waals surface area contributed by atoms with Crippen molar-refractivity contribution in [3.8, 4) is 0 Å². The lowest BCUT2D eigenvalue weighted by Gasteiger charge is -1.98. The first-order chi connectivity index (χ1) is 8.72. The predicted octanol–water partition coefficient (Wildman–Crippen LogP) is 4.41. The highest BCUT2D eigenvalue weighted by Gasteiger charge is 2.06. The van der Waals surface area contributed by atoms with Crippen LogP contribution in [-0.4, -0.2) is 9.97 Å². The number of benzene rings is 2. The molecule has 0 saturated carbocycles. The Hall–Kier alpha value is -1.07. The zero-order chi connectivity index (χ0) is 12.5. The van der Waals surface area contributed by atoms with Gasteiger partial charge < -0.3 is 4.98 Å². The first-order valence-corrected chi connectivity index (χ1v) is 7.05. The monoisotopic (exact) mass is 368 g/mol. The molecular weight excluding hydrogens is 359 g/mol. The summed E-state index contributed by atoms with van der Waals surface area (Å²) in [6.45, 7) is 0. The number of aromatic nitrogens is 2. The maximum Gasteiger partial charge on any atom is 0.111 e. The fourth-order valence-corrected chi connectivity index (χ4v) is 2.80. The summed E-state index contributed by atoms with van der Waals surface area (Å²) in [5.74, 6) is 0.945. The van der Waals surface area contributed by atoms with Gasteiger partial charge in [-0.05, 0) is 52.4 Å². The molecule has 0 unspecified atom stereocenters. The molecule has 0 aliphatic carbocycles. The van der Waals surface area contributed by atoms with Crippen molar-refractivity contribution in [3.63, 3.8) is 0 Å². The van der Waals surface area contributed by atoms with E-state index in [-0.39, 0.29) is 0 Å². The number of imidazole rings is 1. The Balaban J connectivity index is 1.98. The van der Waals surface area contributed by atoms with Crippen LogP contribution in [0.15, 0.2) is 42.5 Å². The van der Waals surface area contributed by atoms with Gasteiger partial charge in [-0.2, -0.15) is 0 Å². The second-order valence-corrected chi connectivity index (χ2v) is 5.78. The third-order valence-corrected chi connectivity index (χ3v) is 3.75. The Bertz CT molecular complexity index is 706. The number of aromatic amines is 1. The molecule has 90 valence electrons. The Morgan fingerprint density at radius 3 is 2.78 bits per heavy atom. The van der Waals surface area contributed by atoms with Gasteiger partial charge in [-0.15, -0.1) is 0 Å². The first-order valence-electron chi connectivity index (χ1n) is 5.60. The van der Waals surface area contributed by atoms with E-state index in [0.29, 0.717) is 5.02 Å². The molecule has 1 aromatic heterocycles. The summed E-state index contributed by atoms with van der Waals surface area (Å²) in [7, 11) is 0. The minimum Gasteiger partial charge on any atom is -0.342 e. The van der Waals surface area contributed by atoms with Gasteiger partial charge in [-0.3, -0.25) is 0 Å². The van der Waals surface area contributed by atoms with E-state index < -0.39 is 0 Å². The van der Waals surface area contributed by atoms with E-state index in [1.54, 1.807) is 0 Å². The minimum atomic E-state index is 0.692. The summed E-state index contributed by atoms with van der Waals surface area (Å²) in [6, 6.07) is 14.2. The second kappa shape index (κ2) is 4.90. The number of nitrogens with zero attached hydrogens (tertiary/aromatic N) is 1. The van der Waals surface area contributed by atoms with Gasteiger partial charge in [0.15, 0.2) is 0 Å². The lowest BCUT2D eigenvalue weighted by molar-refractivity contribution is 1.04. The smallest absolute Gasteiger partial charge is 0.111 e. The average molecular weight is 369 g/mol. The Kier molecular flexibility index (Phi) is 3.26. The summed E-state index contributed by atoms with van der Waals surface area (Å²) in [5, 5.41) is 0.692. The molecule has 0 spiro atoms. The molecule has 1 N–H and O–H groups in total. The zero-order valence-corrected chi connectivity index (χ0v) is 12.4. The number of H-pyrrole nitrogens is 1. The van der Waals surface area contributed by atoms with Crippen molar-refractivity contribution in [1.29, 1.82) is 0 Å². The van der Waals surface area contributed by atoms with Crippen LogP contribution in [0.2, 0.25) is 5.02 Å². The molecule has 2 aromatic carbocycles. The van der Waals surface area contributed by atoms with E-state index in [1.807, 2.05) is 18.2 Å². The van der Waals surface area contributed by atoms with Crippen molar-refractivity contribution >= 4 is 45.2 Å². The van der Waals surface area contributed by atoms with Crippen LogP contribution in [-0.2, 0) is 6.42 Å². The van der Waals surface area contributed by atoms with Gasteiger partial charge in [0.05, 0.1) is 10.5 Å². The Morgan fingerprint density at radius 1 is 1.17 bits per heavy atom. The lowest BCUT2D eigenvalue weighted by Crippen LogP contribution is -1.90. The molecule has 0 radical (unpaired) electrons. The summed E-state index contributed by atoms with van der Waals surface area (Å²) >= 11 is 8.43. The quantitative estimate of drug-likeness (QED) is 0.667. The lowest BCUT2D eigenvalue weighted by atomic mass is 10.1. The number of rotatable bonds is 2. The van der Waals surface area contributed by atoms with E-state index in [1.165, 1.54) is 9.13 Å². The Morgan fingerprint density at radius 2 is 2.00 bits per heavy atom. The fraction of sp³-hybridized carbons (Fsp3) is 0.0714. The number of halogens is 2. The molecule has 3 rings (SSSR count). The van der Waals surface area contributed by atoms with Crippen molar-refractivity contribution < 1.29 is 0 Å². The molecule has 3 aromatic rings. The van der Waals surface area contributed by atoms with Crippen molar-refractivity contribution in [3.05, 3.63) is 62.4 Å². The SMILES string of the molecule is Clc1cccc2[nH]c(Cc3cccc(I)c3)nc12. The largest absolute Gasteiger partial charge is 0.342 e. The van der Waals surface area contributed by atoms with E-state index in [4.69, 9.17) is 11.6 Å². The molecule has 0 aliphatic heterocycles. The number of hydrogen-bond donors (Lipinski definition) is 1. The van der Waals surface area contributed by atoms with Crippen molar-refractivity contribution in [1.82, 2.24) is 9.97 Å². The number of nitrogens with one attached hydrogen (secondary N) is 1. The van der Waals surface area contributed by atoms with Crippen molar-refractivity contribution in [2.45, 2.75) is 6.42 Å². The van der Waals surface area contributed by atoms with E-state index in [9.17, 15) is 0 Å². The highest BCUT2D eigenvalue weighted by molar-refractivity contribution is 14.1. The van der Waals surface area contributed by atoms with E-state index in [0.717, 1.165) is 23.3 Å². The van der Waals surface area contributed by atoms with Gasteiger partial charge in [0, 0.05) is 9.99 Å². The highest BCUT2D eigenvalue weighted by atomic mass is 127. The molecule has 2 nitrogen and oxygen atoms in total. The van der Waals surface area contributed by atoms with Crippen LogP contribution in [0, 0.1) is 3.57 Å². The number of para-hydroxylation sites is 1. The highest BCUT2D eigenvalue weighted by Crippen LogP contribution is 2.22. The average Bonchev–Trinajstić information content (AvgIpc) is 2.73. The third-order valence-electron chi connectivity index (χ3n) is 2.77. The standard InChI is InChI=1S/C14H10ClIN2/c15-11-5-2-6-12-14(11)18-13(17-12)8-9-3-1-4-10(16)7-9/h1-7H,8H2,(H,17,18). The van der Waals surface area contributed by atoms with Gasteiger partial charge in [0.2, 0.25) is 0 Å². The van der Waals surface area contributed by atoms with Crippen LogP contribution in [0.25, 0.3) is 11.0 Å². The van der Waals surface area contributed by atoms with Crippen LogP contribution in [0.3, 0.4) is 0 Å². The molecule has 0 aliphatic rings. The number of fused-ring (bicyclic) bond motifs is 1. The van der Waals surface area contributed by atoms with E-state index in [2.05, 4.69) is 56.8 Å². The van der Waals surface area contributed by atoms with Gasteiger partial charge in [0.1, 0.15) is 11.3 Å². The van der Waals surface area contributed by atoms with Crippen LogP contribution in [0.5, 0.6) is 0 Å². The maximum absolute atomic E-state index is 6.11. The summed E-state index contributed by atoms with van der Waals surface area (Å²) < 4.78 is 1.24. The normalized spacial score (nSPS) is 11.0. The first kappa shape index (κ1) is 12.0. The fourth-order valence-electron chi connectivity index (χ4n) is 1.97. The minimum absolute atomic E-state index is 0.692. The third kappa shape index (κ3) is 2.37. The maximum atomic E-state index is 6.11. The van der Waals surface area contributed by atoms with Gasteiger partial charge in [0.25, 0.3) is 0 Å². The van der Waals surface area contributed by atoms with Crippen molar-refractivity contribution in [2.24, 2.45) is 0 Å². The molecule has 18 heavy (non-hydrogen) atoms. The molecule has 1 heterocycles. The van der Waals surface area contributed by atoms with Crippen LogP contribution < -0.4 is 0 Å². The van der Waals surface area contributed by atoms with Crippen LogP contribution >= 0.6 is 34.2 Å². The molecule has 0 bridgehead atoms. The topological polar surface area (TPSA) is 28.7 Å². The second-order valence-electron chi connectivity index (χ2n) is 4.13. The van der Waals surface area contributed by atoms with Crippen LogP contribution in [0.1, 0.15) is 11.4 Å². The van der Waals surface area contributed by atoms with Gasteiger partial charge >= 0.3 is 0 Å². The van der Waals surface area contributed by atoms with Gasteiger partial charge in [-0.25, -0.2) is 4.98 Å². The summed E-state index contributed by atoms with van der Waals surface area (Å²) in [5.41, 5.74) is 3.08. The van der Waals surface area contributed by atoms with Crippen LogP contribution in [0.4, 0.5) is 0 Å². The van der Waals surface area contributed by atoms with E-state index >= 15 is 0 Å². The summed E-state index contributed by atoms with van der Waals surface area (Å²) in [4.78, 5) is 7.85. The molecule has 4 heteroatoms. The van der Waals surface area contributed by atoms with Crippen molar-refractivity contribution in [2.75, 3.05) is 0 Å².